The topological polar surface area (TPSA) is 35.0 Å². The molecule has 2 heterocycles. The summed E-state index contributed by atoms with van der Waals surface area (Å²) in [5.41, 5.74) is 13.9. The van der Waals surface area contributed by atoms with Crippen molar-refractivity contribution in [2.45, 2.75) is 5.41 Å². The largest absolute Gasteiger partial charge is 0.457 e. The number of nitrogens with zero attached hydrogens (tertiary/aromatic N) is 2. The van der Waals surface area contributed by atoms with Crippen molar-refractivity contribution in [3.05, 3.63) is 216 Å². The van der Waals surface area contributed by atoms with Crippen molar-refractivity contribution >= 4 is 10.8 Å². The number of fused-ring (bicyclic) bond motifs is 10. The Morgan fingerprint density at radius 2 is 0.870 bits per heavy atom. The van der Waals surface area contributed by atoms with Crippen molar-refractivity contribution in [3.63, 3.8) is 0 Å². The fourth-order valence-electron chi connectivity index (χ4n) is 8.86. The predicted octanol–water partition coefficient (Wildman–Crippen LogP) is 12.8. The molecule has 1 spiro atoms. The molecule has 1 aromatic heterocycles. The van der Waals surface area contributed by atoms with E-state index in [-0.39, 0.29) is 0 Å². The van der Waals surface area contributed by atoms with E-state index in [0.29, 0.717) is 5.82 Å². The summed E-state index contributed by atoms with van der Waals surface area (Å²) in [6.07, 6.45) is 0. The third kappa shape index (κ3) is 4.49. The van der Waals surface area contributed by atoms with E-state index in [2.05, 4.69) is 176 Å². The molecule has 0 saturated carbocycles. The molecular formula is C51H32N2O. The number of benzene rings is 8. The van der Waals surface area contributed by atoms with Gasteiger partial charge in [-0.25, -0.2) is 9.97 Å². The van der Waals surface area contributed by atoms with Crippen molar-refractivity contribution in [2.75, 3.05) is 0 Å². The Balaban J connectivity index is 1.16. The van der Waals surface area contributed by atoms with E-state index in [1.165, 1.54) is 38.8 Å². The molecule has 8 aromatic carbocycles. The van der Waals surface area contributed by atoms with Gasteiger partial charge in [-0.05, 0) is 74.5 Å². The highest BCUT2D eigenvalue weighted by atomic mass is 16.5. The molecule has 0 saturated heterocycles. The van der Waals surface area contributed by atoms with Gasteiger partial charge in [-0.2, -0.15) is 0 Å². The zero-order chi connectivity index (χ0) is 35.6. The van der Waals surface area contributed by atoms with Crippen LogP contribution < -0.4 is 4.74 Å². The Morgan fingerprint density at radius 1 is 0.333 bits per heavy atom. The van der Waals surface area contributed by atoms with E-state index in [0.717, 1.165) is 56.1 Å². The second-order valence-corrected chi connectivity index (χ2v) is 14.1. The van der Waals surface area contributed by atoms with Gasteiger partial charge in [0.15, 0.2) is 5.82 Å². The molecular weight excluding hydrogens is 657 g/mol. The van der Waals surface area contributed by atoms with Gasteiger partial charge in [0.25, 0.3) is 0 Å². The number of rotatable bonds is 4. The van der Waals surface area contributed by atoms with Crippen LogP contribution in [0.5, 0.6) is 11.5 Å². The Morgan fingerprint density at radius 3 is 1.59 bits per heavy atom. The molecule has 3 nitrogen and oxygen atoms in total. The molecule has 252 valence electrons. The predicted molar refractivity (Wildman–Crippen MR) is 219 cm³/mol. The van der Waals surface area contributed by atoms with Crippen LogP contribution >= 0.6 is 0 Å². The van der Waals surface area contributed by atoms with Crippen LogP contribution in [0, 0.1) is 0 Å². The zero-order valence-corrected chi connectivity index (χ0v) is 29.3. The molecule has 9 aromatic rings. The minimum atomic E-state index is -0.561. The van der Waals surface area contributed by atoms with Crippen molar-refractivity contribution in [3.8, 4) is 67.7 Å². The van der Waals surface area contributed by atoms with Gasteiger partial charge in [0, 0.05) is 27.8 Å². The van der Waals surface area contributed by atoms with Gasteiger partial charge in [0.1, 0.15) is 11.5 Å². The second-order valence-electron chi connectivity index (χ2n) is 14.1. The summed E-state index contributed by atoms with van der Waals surface area (Å²) in [4.78, 5) is 10.6. The molecule has 1 aliphatic heterocycles. The van der Waals surface area contributed by atoms with Crippen molar-refractivity contribution in [1.82, 2.24) is 9.97 Å². The Bertz CT molecular complexity index is 2870. The minimum Gasteiger partial charge on any atom is -0.457 e. The molecule has 0 radical (unpaired) electrons. The lowest BCUT2D eigenvalue weighted by Crippen LogP contribution is -2.32. The molecule has 1 aliphatic carbocycles. The average Bonchev–Trinajstić information content (AvgIpc) is 3.54. The third-order valence-electron chi connectivity index (χ3n) is 11.2. The fourth-order valence-corrected chi connectivity index (χ4v) is 8.86. The normalized spacial score (nSPS) is 13.1. The highest BCUT2D eigenvalue weighted by molar-refractivity contribution is 6.04. The Kier molecular flexibility index (Phi) is 6.77. The van der Waals surface area contributed by atoms with E-state index < -0.39 is 5.41 Å². The van der Waals surface area contributed by atoms with Crippen LogP contribution in [0.25, 0.3) is 66.9 Å². The van der Waals surface area contributed by atoms with E-state index >= 15 is 0 Å². The summed E-state index contributed by atoms with van der Waals surface area (Å²) in [5.74, 6) is 2.42. The summed E-state index contributed by atoms with van der Waals surface area (Å²) in [5, 5.41) is 2.34. The van der Waals surface area contributed by atoms with E-state index in [4.69, 9.17) is 14.7 Å². The minimum absolute atomic E-state index is 0.561. The molecule has 0 atom stereocenters. The van der Waals surface area contributed by atoms with Crippen LogP contribution in [0.2, 0.25) is 0 Å². The third-order valence-corrected chi connectivity index (χ3v) is 11.2. The number of hydrogen-bond donors (Lipinski definition) is 0. The number of para-hydroxylation sites is 1. The maximum Gasteiger partial charge on any atom is 0.160 e. The highest BCUT2D eigenvalue weighted by Crippen LogP contribution is 2.62. The molecule has 2 aliphatic rings. The van der Waals surface area contributed by atoms with Gasteiger partial charge < -0.3 is 4.74 Å². The van der Waals surface area contributed by atoms with Gasteiger partial charge in [0.05, 0.1) is 16.8 Å². The molecule has 0 amide bonds. The molecule has 3 heteroatoms. The summed E-state index contributed by atoms with van der Waals surface area (Å²) < 4.78 is 6.73. The zero-order valence-electron chi connectivity index (χ0n) is 29.3. The highest BCUT2D eigenvalue weighted by Gasteiger charge is 2.51. The van der Waals surface area contributed by atoms with E-state index in [9.17, 15) is 0 Å². The van der Waals surface area contributed by atoms with Gasteiger partial charge in [-0.15, -0.1) is 0 Å². The SMILES string of the molecule is c1ccc(-c2nc(-c3ccc4c(c3)C3(c5ccccc5O4)c4ccccc4-c4ccccc43)cc(-c3ccc(-c4ccccc4)c4ccccc34)n2)cc1. The number of ether oxygens (including phenoxy) is 1. The van der Waals surface area contributed by atoms with Gasteiger partial charge in [0.2, 0.25) is 0 Å². The molecule has 11 rings (SSSR count). The molecule has 0 fully saturated rings. The van der Waals surface area contributed by atoms with Gasteiger partial charge >= 0.3 is 0 Å². The second kappa shape index (κ2) is 12.0. The monoisotopic (exact) mass is 688 g/mol. The first-order chi connectivity index (χ1) is 26.8. The maximum absolute atomic E-state index is 6.73. The fraction of sp³-hybridized carbons (Fsp3) is 0.0196. The Labute approximate surface area is 313 Å². The van der Waals surface area contributed by atoms with Crippen molar-refractivity contribution in [2.24, 2.45) is 0 Å². The van der Waals surface area contributed by atoms with Gasteiger partial charge in [-0.3, -0.25) is 0 Å². The maximum atomic E-state index is 6.73. The average molecular weight is 689 g/mol. The Hall–Kier alpha value is -7.10. The molecule has 54 heavy (non-hydrogen) atoms. The van der Waals surface area contributed by atoms with Crippen molar-refractivity contribution < 1.29 is 4.74 Å². The van der Waals surface area contributed by atoms with Gasteiger partial charge in [-0.1, -0.05) is 164 Å². The van der Waals surface area contributed by atoms with Crippen LogP contribution in [0.1, 0.15) is 22.3 Å². The first-order valence-electron chi connectivity index (χ1n) is 18.4. The lowest BCUT2D eigenvalue weighted by atomic mass is 9.66. The molecule has 0 N–H and O–H groups in total. The van der Waals surface area contributed by atoms with E-state index in [1.54, 1.807) is 0 Å². The van der Waals surface area contributed by atoms with Crippen LogP contribution in [-0.4, -0.2) is 9.97 Å². The van der Waals surface area contributed by atoms with E-state index in [1.807, 2.05) is 18.2 Å². The summed E-state index contributed by atoms with van der Waals surface area (Å²) >= 11 is 0. The quantitative estimate of drug-likeness (QED) is 0.185. The summed E-state index contributed by atoms with van der Waals surface area (Å²) in [6, 6.07) is 68.8. The number of aromatic nitrogens is 2. The standard InChI is InChI=1S/C51H32N2O/c1-3-15-33(16-4-1)36-28-29-41(38-20-8-7-19-37(36)38)47-32-46(52-50(53-47)34-17-5-2-6-18-34)35-27-30-49-45(31-35)51(44-25-13-14-26-48(44)54-49)42-23-11-9-21-39(42)40-22-10-12-24-43(40)51/h1-32H. The van der Waals surface area contributed by atoms with Crippen LogP contribution in [0.15, 0.2) is 194 Å². The van der Waals surface area contributed by atoms with Crippen molar-refractivity contribution in [1.29, 1.82) is 0 Å². The van der Waals surface area contributed by atoms with Crippen LogP contribution in [-0.2, 0) is 5.41 Å². The lowest BCUT2D eigenvalue weighted by Gasteiger charge is -2.39. The lowest BCUT2D eigenvalue weighted by molar-refractivity contribution is 0.436. The smallest absolute Gasteiger partial charge is 0.160 e. The van der Waals surface area contributed by atoms with Crippen LogP contribution in [0.4, 0.5) is 0 Å². The summed E-state index contributed by atoms with van der Waals surface area (Å²) in [7, 11) is 0. The summed E-state index contributed by atoms with van der Waals surface area (Å²) in [6.45, 7) is 0. The van der Waals surface area contributed by atoms with Crippen LogP contribution in [0.3, 0.4) is 0 Å². The first-order valence-corrected chi connectivity index (χ1v) is 18.4. The molecule has 0 unspecified atom stereocenters. The first kappa shape index (κ1) is 30.5. The number of hydrogen-bond acceptors (Lipinski definition) is 3. The molecule has 0 bridgehead atoms.